The maximum atomic E-state index is 13.1. The number of rotatable bonds is 78. The Morgan fingerprint density at radius 1 is 0.327 bits per heavy atom. The second-order valence-corrected chi connectivity index (χ2v) is 32.9. The highest BCUT2D eigenvalue weighted by Gasteiger charge is 2.30. The summed E-state index contributed by atoms with van der Waals surface area (Å²) >= 11 is 0. The maximum Gasteiger partial charge on any atom is 0.472 e. The minimum atomic E-state index is -4.97. The smallest absolute Gasteiger partial charge is 0.462 e. The summed E-state index contributed by atoms with van der Waals surface area (Å²) in [5.74, 6) is 0.203. The molecule has 0 aliphatic rings. The zero-order valence-electron chi connectivity index (χ0n) is 65.9. The first-order valence-electron chi connectivity index (χ1n) is 41.7. The van der Waals surface area contributed by atoms with Crippen molar-refractivity contribution >= 4 is 39.5 Å². The van der Waals surface area contributed by atoms with E-state index in [2.05, 4.69) is 72.8 Å². The number of esters is 4. The van der Waals surface area contributed by atoms with Gasteiger partial charge in [0.15, 0.2) is 12.2 Å². The van der Waals surface area contributed by atoms with Gasteiger partial charge in [0, 0.05) is 25.7 Å². The summed E-state index contributed by atoms with van der Waals surface area (Å²) in [7, 11) is -9.93. The molecule has 0 aromatic carbocycles. The van der Waals surface area contributed by atoms with Crippen LogP contribution in [0.4, 0.5) is 0 Å². The second kappa shape index (κ2) is 71.8. The molecule has 0 aliphatic heterocycles. The van der Waals surface area contributed by atoms with Gasteiger partial charge in [0.1, 0.15) is 19.3 Å². The molecule has 0 saturated heterocycles. The number of aliphatic hydroxyl groups is 1. The minimum Gasteiger partial charge on any atom is -0.462 e. The highest BCUT2D eigenvalue weighted by molar-refractivity contribution is 7.47. The number of ether oxygens (including phenoxy) is 4. The molecule has 0 radical (unpaired) electrons. The largest absolute Gasteiger partial charge is 0.472 e. The first-order chi connectivity index (χ1) is 48.8. The molecule has 0 bridgehead atoms. The van der Waals surface area contributed by atoms with Crippen LogP contribution in [-0.4, -0.2) is 96.7 Å². The molecule has 0 fully saturated rings. The van der Waals surface area contributed by atoms with E-state index in [1.165, 1.54) is 193 Å². The third-order valence-electron chi connectivity index (χ3n) is 18.9. The van der Waals surface area contributed by atoms with E-state index in [4.69, 9.17) is 37.0 Å². The molecule has 0 aliphatic carbocycles. The van der Waals surface area contributed by atoms with Gasteiger partial charge < -0.3 is 33.8 Å². The molecule has 0 saturated carbocycles. The number of phosphoric ester groups is 2. The fraction of sp³-hybridized carbons (Fsp3) is 0.902. The Morgan fingerprint density at radius 3 is 0.881 bits per heavy atom. The van der Waals surface area contributed by atoms with Crippen LogP contribution in [0.25, 0.3) is 0 Å². The molecule has 3 N–H and O–H groups in total. The van der Waals surface area contributed by atoms with Crippen LogP contribution in [0.1, 0.15) is 402 Å². The number of phosphoric acid groups is 2. The molecule has 0 amide bonds. The highest BCUT2D eigenvalue weighted by Crippen LogP contribution is 2.45. The topological polar surface area (TPSA) is 237 Å². The molecule has 19 heteroatoms. The van der Waals surface area contributed by atoms with Crippen molar-refractivity contribution in [1.29, 1.82) is 0 Å². The van der Waals surface area contributed by atoms with Crippen LogP contribution in [-0.2, 0) is 65.4 Å². The predicted octanol–water partition coefficient (Wildman–Crippen LogP) is 24.1. The number of carbonyl (C=O) groups excluding carboxylic acids is 4. The molecule has 17 nitrogen and oxygen atoms in total. The quantitative estimate of drug-likeness (QED) is 0.0169. The van der Waals surface area contributed by atoms with Gasteiger partial charge in [0.05, 0.1) is 26.4 Å². The number of hydrogen-bond acceptors (Lipinski definition) is 15. The van der Waals surface area contributed by atoms with Crippen molar-refractivity contribution < 1.29 is 80.2 Å². The summed E-state index contributed by atoms with van der Waals surface area (Å²) in [6.45, 7) is 11.9. The molecular weight excluding hydrogens is 1320 g/mol. The molecule has 4 unspecified atom stereocenters. The minimum absolute atomic E-state index is 0.101. The van der Waals surface area contributed by atoms with Crippen LogP contribution in [0, 0.1) is 17.8 Å². The molecule has 6 atom stereocenters. The number of aliphatic hydroxyl groups excluding tert-OH is 1. The van der Waals surface area contributed by atoms with Crippen LogP contribution in [0.15, 0.2) is 24.3 Å². The van der Waals surface area contributed by atoms with Crippen LogP contribution >= 0.6 is 15.6 Å². The van der Waals surface area contributed by atoms with Crippen LogP contribution in [0.2, 0.25) is 0 Å². The predicted molar refractivity (Wildman–Crippen MR) is 414 cm³/mol. The van der Waals surface area contributed by atoms with Crippen LogP contribution in [0.5, 0.6) is 0 Å². The molecule has 0 spiro atoms. The number of carbonyl (C=O) groups is 4. The summed E-state index contributed by atoms with van der Waals surface area (Å²) in [6.07, 6.45) is 63.3. The van der Waals surface area contributed by atoms with Crippen molar-refractivity contribution in [3.05, 3.63) is 24.3 Å². The average molecular weight is 1480 g/mol. The Balaban J connectivity index is 5.25. The van der Waals surface area contributed by atoms with E-state index in [9.17, 15) is 43.2 Å². The van der Waals surface area contributed by atoms with Crippen LogP contribution < -0.4 is 0 Å². The second-order valence-electron chi connectivity index (χ2n) is 30.0. The van der Waals surface area contributed by atoms with Gasteiger partial charge in [-0.05, 0) is 69.1 Å². The molecule has 0 aromatic rings. The normalized spacial score (nSPS) is 14.4. The number of hydrogen-bond donors (Lipinski definition) is 3. The molecule has 596 valence electrons. The van der Waals surface area contributed by atoms with E-state index in [-0.39, 0.29) is 25.7 Å². The standard InChI is InChI=1S/C82H156O17P2/c1-8-10-11-12-13-14-15-16-21-25-28-34-42-49-56-63-79(84)92-69-77(98-81(86)65-58-51-44-35-29-26-23-20-18-17-19-22-24-27-33-41-48-55-62-75(7)9-2)71-96-100(88,89)94-67-76(83)68-95-101(90,91)97-72-78(70-93-80(85)64-57-50-43-38-37-40-47-54-61-74(5)6)99-82(87)66-59-52-45-36-31-30-32-39-46-53-60-73(3)4/h14-16,21,73-78,83H,8-13,17-20,22-72H2,1-7H3,(H,88,89)(H,90,91)/b15-14-,21-16-/t75?,76?,77-,78-/m1/s1. The first kappa shape index (κ1) is 98.5. The van der Waals surface area contributed by atoms with Gasteiger partial charge in [-0.1, -0.05) is 349 Å². The fourth-order valence-corrected chi connectivity index (χ4v) is 13.7. The summed E-state index contributed by atoms with van der Waals surface area (Å²) < 4.78 is 68.7. The molecule has 0 aromatic heterocycles. The Labute approximate surface area is 618 Å². The van der Waals surface area contributed by atoms with Gasteiger partial charge >= 0.3 is 39.5 Å². The third kappa shape index (κ3) is 74.2. The maximum absolute atomic E-state index is 13.1. The van der Waals surface area contributed by atoms with E-state index < -0.39 is 97.5 Å². The van der Waals surface area contributed by atoms with Gasteiger partial charge in [0.25, 0.3) is 0 Å². The van der Waals surface area contributed by atoms with E-state index in [1.54, 1.807) is 0 Å². The Bertz CT molecular complexity index is 2050. The Kier molecular flexibility index (Phi) is 70.0. The zero-order chi connectivity index (χ0) is 74.4. The lowest BCUT2D eigenvalue weighted by molar-refractivity contribution is -0.161. The van der Waals surface area contributed by atoms with Crippen molar-refractivity contribution in [3.8, 4) is 0 Å². The summed E-state index contributed by atoms with van der Waals surface area (Å²) in [6, 6.07) is 0. The van der Waals surface area contributed by atoms with E-state index in [0.717, 1.165) is 127 Å². The SMILES string of the molecule is CCCCCC/C=C\C=C/CCCCCCCC(=O)OC[C@H](COP(=O)(O)OCC(O)COP(=O)(O)OC[C@@H](COC(=O)CCCCCCCCCCC(C)C)OC(=O)CCCCCCCCCCCCC(C)C)OC(=O)CCCCCCCCCCCCCCCCCCCCC(C)CC. The fourth-order valence-electron chi connectivity index (χ4n) is 12.1. The first-order valence-corrected chi connectivity index (χ1v) is 44.7. The third-order valence-corrected chi connectivity index (χ3v) is 20.8. The van der Waals surface area contributed by atoms with Crippen molar-refractivity contribution in [2.24, 2.45) is 17.8 Å². The van der Waals surface area contributed by atoms with E-state index >= 15 is 0 Å². The lowest BCUT2D eigenvalue weighted by atomic mass is 9.99. The van der Waals surface area contributed by atoms with Crippen LogP contribution in [0.3, 0.4) is 0 Å². The monoisotopic (exact) mass is 1480 g/mol. The number of allylic oxidation sites excluding steroid dienone is 4. The Hall–Kier alpha value is -2.46. The average Bonchev–Trinajstić information content (AvgIpc) is 0.914. The molecular formula is C82H156O17P2. The van der Waals surface area contributed by atoms with Gasteiger partial charge in [-0.3, -0.25) is 37.3 Å². The molecule has 0 heterocycles. The molecule has 0 rings (SSSR count). The van der Waals surface area contributed by atoms with Crippen molar-refractivity contribution in [1.82, 2.24) is 0 Å². The zero-order valence-corrected chi connectivity index (χ0v) is 67.6. The van der Waals surface area contributed by atoms with Crippen molar-refractivity contribution in [2.75, 3.05) is 39.6 Å². The van der Waals surface area contributed by atoms with Gasteiger partial charge in [-0.2, -0.15) is 0 Å². The van der Waals surface area contributed by atoms with E-state index in [1.807, 2.05) is 0 Å². The lowest BCUT2D eigenvalue weighted by Crippen LogP contribution is -2.30. The summed E-state index contributed by atoms with van der Waals surface area (Å²) in [5.41, 5.74) is 0. The highest BCUT2D eigenvalue weighted by atomic mass is 31.2. The van der Waals surface area contributed by atoms with E-state index in [0.29, 0.717) is 25.7 Å². The summed E-state index contributed by atoms with van der Waals surface area (Å²) in [4.78, 5) is 73.0. The molecule has 101 heavy (non-hydrogen) atoms. The lowest BCUT2D eigenvalue weighted by Gasteiger charge is -2.21. The van der Waals surface area contributed by atoms with Gasteiger partial charge in [0.2, 0.25) is 0 Å². The van der Waals surface area contributed by atoms with Gasteiger partial charge in [-0.25, -0.2) is 9.13 Å². The number of unbranched alkanes of at least 4 members (excludes halogenated alkanes) is 42. The van der Waals surface area contributed by atoms with Crippen molar-refractivity contribution in [3.63, 3.8) is 0 Å². The summed E-state index contributed by atoms with van der Waals surface area (Å²) in [5, 5.41) is 10.6. The van der Waals surface area contributed by atoms with Gasteiger partial charge in [-0.15, -0.1) is 0 Å². The van der Waals surface area contributed by atoms with Crippen molar-refractivity contribution in [2.45, 2.75) is 420 Å². The Morgan fingerprint density at radius 2 is 0.584 bits per heavy atom.